The van der Waals surface area contributed by atoms with Gasteiger partial charge in [-0.2, -0.15) is 10.4 Å². The Balaban J connectivity index is 1.70. The molecule has 0 spiro atoms. The normalized spacial score (nSPS) is 15.7. The highest BCUT2D eigenvalue weighted by atomic mass is 16.5. The number of carbonyl (C=O) groups excluding carboxylic acids is 1. The Hall–Kier alpha value is -3.89. The lowest BCUT2D eigenvalue weighted by Crippen LogP contribution is -2.32. The summed E-state index contributed by atoms with van der Waals surface area (Å²) in [5.41, 5.74) is 4.16. The summed E-state index contributed by atoms with van der Waals surface area (Å²) in [5, 5.41) is 17.4. The minimum absolute atomic E-state index is 0.00629. The highest BCUT2D eigenvalue weighted by molar-refractivity contribution is 6.02. The maximum Gasteiger partial charge on any atom is 0.262 e. The van der Waals surface area contributed by atoms with Gasteiger partial charge in [0, 0.05) is 30.5 Å². The number of hydrogen-bond acceptors (Lipinski definition) is 5. The van der Waals surface area contributed by atoms with Gasteiger partial charge in [0.05, 0.1) is 18.4 Å². The lowest BCUT2D eigenvalue weighted by atomic mass is 10.0. The lowest BCUT2D eigenvalue weighted by molar-refractivity contribution is -0.117. The molecule has 0 saturated carbocycles. The van der Waals surface area contributed by atoms with E-state index < -0.39 is 5.91 Å². The molecule has 1 fully saturated rings. The molecular weight excluding hydrogens is 428 g/mol. The first-order valence-electron chi connectivity index (χ1n) is 11.5. The zero-order valence-corrected chi connectivity index (χ0v) is 19.5. The number of nitriles is 1. The molecule has 7 heteroatoms. The monoisotopic (exact) mass is 456 g/mol. The number of aromatic nitrogens is 2. The number of carbonyl (C=O) groups is 1. The summed E-state index contributed by atoms with van der Waals surface area (Å²) in [6.45, 7) is 5.63. The summed E-state index contributed by atoms with van der Waals surface area (Å²) in [5.74, 6) is 0.370. The number of para-hydroxylation sites is 1. The van der Waals surface area contributed by atoms with Crippen molar-refractivity contribution < 1.29 is 14.3 Å². The molecule has 174 valence electrons. The van der Waals surface area contributed by atoms with E-state index in [2.05, 4.69) is 5.32 Å². The third kappa shape index (κ3) is 5.36. The summed E-state index contributed by atoms with van der Waals surface area (Å²) < 4.78 is 12.9. The predicted molar refractivity (Wildman–Crippen MR) is 130 cm³/mol. The van der Waals surface area contributed by atoms with Gasteiger partial charge < -0.3 is 14.8 Å². The quantitative estimate of drug-likeness (QED) is 0.400. The molecule has 3 aromatic rings. The van der Waals surface area contributed by atoms with E-state index in [1.165, 1.54) is 0 Å². The van der Waals surface area contributed by atoms with Crippen molar-refractivity contribution in [1.82, 2.24) is 15.1 Å². The molecule has 1 N–H and O–H groups in total. The molecule has 1 amide bonds. The van der Waals surface area contributed by atoms with Crippen molar-refractivity contribution >= 4 is 12.0 Å². The highest BCUT2D eigenvalue weighted by Gasteiger charge is 2.19. The fraction of sp³-hybridized carbons (Fsp3) is 0.296. The van der Waals surface area contributed by atoms with Gasteiger partial charge in [-0.3, -0.25) is 4.79 Å². The molecule has 4 rings (SSSR count). The third-order valence-electron chi connectivity index (χ3n) is 5.71. The molecular formula is C27H28N4O3. The van der Waals surface area contributed by atoms with Crippen molar-refractivity contribution in [2.75, 3.05) is 19.8 Å². The topological polar surface area (TPSA) is 89.2 Å². The Morgan fingerprint density at radius 1 is 1.32 bits per heavy atom. The Morgan fingerprint density at radius 2 is 2.15 bits per heavy atom. The fourth-order valence-electron chi connectivity index (χ4n) is 3.98. The molecule has 7 nitrogen and oxygen atoms in total. The molecule has 1 saturated heterocycles. The molecule has 1 aliphatic heterocycles. The molecule has 2 aromatic carbocycles. The van der Waals surface area contributed by atoms with Crippen LogP contribution in [0, 0.1) is 18.3 Å². The van der Waals surface area contributed by atoms with Gasteiger partial charge in [-0.25, -0.2) is 4.68 Å². The van der Waals surface area contributed by atoms with E-state index in [0.29, 0.717) is 31.0 Å². The summed E-state index contributed by atoms with van der Waals surface area (Å²) in [7, 11) is 0. The van der Waals surface area contributed by atoms with Crippen LogP contribution < -0.4 is 10.1 Å². The zero-order chi connectivity index (χ0) is 23.9. The molecule has 0 bridgehead atoms. The van der Waals surface area contributed by atoms with Gasteiger partial charge in [-0.15, -0.1) is 0 Å². The van der Waals surface area contributed by atoms with E-state index in [9.17, 15) is 10.1 Å². The first kappa shape index (κ1) is 23.3. The second-order valence-corrected chi connectivity index (χ2v) is 8.14. The van der Waals surface area contributed by atoms with E-state index in [0.717, 1.165) is 35.4 Å². The second kappa shape index (κ2) is 10.8. The van der Waals surface area contributed by atoms with Crippen molar-refractivity contribution in [2.24, 2.45) is 0 Å². The summed E-state index contributed by atoms with van der Waals surface area (Å²) in [6.07, 6.45) is 5.35. The van der Waals surface area contributed by atoms with Crippen LogP contribution in [0.15, 0.2) is 60.3 Å². The fourth-order valence-corrected chi connectivity index (χ4v) is 3.98. The minimum Gasteiger partial charge on any atom is -0.494 e. The van der Waals surface area contributed by atoms with Crippen LogP contribution in [0.2, 0.25) is 0 Å². The average molecular weight is 457 g/mol. The molecule has 1 aromatic heterocycles. The van der Waals surface area contributed by atoms with Crippen molar-refractivity contribution in [2.45, 2.75) is 32.8 Å². The van der Waals surface area contributed by atoms with Crippen LogP contribution in [0.5, 0.6) is 5.75 Å². The van der Waals surface area contributed by atoms with Gasteiger partial charge >= 0.3 is 0 Å². The Kier molecular flexibility index (Phi) is 7.41. The van der Waals surface area contributed by atoms with E-state index in [-0.39, 0.29) is 11.7 Å². The van der Waals surface area contributed by atoms with Crippen molar-refractivity contribution in [1.29, 1.82) is 5.26 Å². The van der Waals surface area contributed by atoms with E-state index in [1.807, 2.05) is 74.6 Å². The molecule has 0 aliphatic carbocycles. The van der Waals surface area contributed by atoms with Crippen LogP contribution in [-0.4, -0.2) is 41.6 Å². The van der Waals surface area contributed by atoms with Crippen LogP contribution >= 0.6 is 0 Å². The zero-order valence-electron chi connectivity index (χ0n) is 19.5. The summed E-state index contributed by atoms with van der Waals surface area (Å²) >= 11 is 0. The van der Waals surface area contributed by atoms with E-state index in [4.69, 9.17) is 14.6 Å². The standard InChI is InChI=1S/C27H28N4O3/c1-3-33-23-11-12-25(19(2)14-23)26-21(18-31(30-26)22-8-5-4-6-9-22)15-20(16-28)27(32)29-17-24-10-7-13-34-24/h4-6,8-9,11-12,14-15,18,24H,3,7,10,13,17H2,1-2H3,(H,29,32)/b20-15+. The first-order valence-corrected chi connectivity index (χ1v) is 11.5. The van der Waals surface area contributed by atoms with Gasteiger partial charge in [-0.05, 0) is 68.7 Å². The van der Waals surface area contributed by atoms with Gasteiger partial charge in [0.25, 0.3) is 5.91 Å². The molecule has 2 heterocycles. The maximum atomic E-state index is 12.7. The number of aryl methyl sites for hydroxylation is 1. The van der Waals surface area contributed by atoms with Crippen LogP contribution in [0.3, 0.4) is 0 Å². The third-order valence-corrected chi connectivity index (χ3v) is 5.71. The smallest absolute Gasteiger partial charge is 0.262 e. The Morgan fingerprint density at radius 3 is 2.82 bits per heavy atom. The van der Waals surface area contributed by atoms with Crippen molar-refractivity contribution in [3.05, 3.63) is 71.4 Å². The Labute approximate surface area is 199 Å². The number of rotatable bonds is 8. The van der Waals surface area contributed by atoms with Crippen molar-refractivity contribution in [3.63, 3.8) is 0 Å². The van der Waals surface area contributed by atoms with Gasteiger partial charge in [-0.1, -0.05) is 18.2 Å². The number of hydrogen-bond donors (Lipinski definition) is 1. The van der Waals surface area contributed by atoms with Gasteiger partial charge in [0.2, 0.25) is 0 Å². The first-order chi connectivity index (χ1) is 16.6. The molecule has 34 heavy (non-hydrogen) atoms. The number of nitrogens with zero attached hydrogens (tertiary/aromatic N) is 3. The molecule has 1 atom stereocenters. The second-order valence-electron chi connectivity index (χ2n) is 8.14. The van der Waals surface area contributed by atoms with Crippen LogP contribution in [0.25, 0.3) is 23.0 Å². The van der Waals surface area contributed by atoms with E-state index >= 15 is 0 Å². The highest BCUT2D eigenvalue weighted by Crippen LogP contribution is 2.30. The van der Waals surface area contributed by atoms with Crippen LogP contribution in [-0.2, 0) is 9.53 Å². The maximum absolute atomic E-state index is 12.7. The summed E-state index contributed by atoms with van der Waals surface area (Å²) in [4.78, 5) is 12.7. The van der Waals surface area contributed by atoms with Crippen molar-refractivity contribution in [3.8, 4) is 28.8 Å². The molecule has 1 aliphatic rings. The van der Waals surface area contributed by atoms with Gasteiger partial charge in [0.15, 0.2) is 0 Å². The molecule has 1 unspecified atom stereocenters. The van der Waals surface area contributed by atoms with E-state index in [1.54, 1.807) is 10.8 Å². The number of nitrogens with one attached hydrogen (secondary N) is 1. The lowest BCUT2D eigenvalue weighted by Gasteiger charge is -2.10. The summed E-state index contributed by atoms with van der Waals surface area (Å²) in [6, 6.07) is 17.6. The van der Waals surface area contributed by atoms with Crippen LogP contribution in [0.1, 0.15) is 30.9 Å². The number of ether oxygens (including phenoxy) is 2. The average Bonchev–Trinajstić information content (AvgIpc) is 3.52. The number of benzene rings is 2. The largest absolute Gasteiger partial charge is 0.494 e. The minimum atomic E-state index is -0.417. The predicted octanol–water partition coefficient (Wildman–Crippen LogP) is 4.45. The molecule has 0 radical (unpaired) electrons. The number of amides is 1. The van der Waals surface area contributed by atoms with Crippen LogP contribution in [0.4, 0.5) is 0 Å². The SMILES string of the molecule is CCOc1ccc(-c2nn(-c3ccccc3)cc2/C=C(\C#N)C(=O)NCC2CCCO2)c(C)c1. The Bertz CT molecular complexity index is 1220. The van der Waals surface area contributed by atoms with Gasteiger partial charge in [0.1, 0.15) is 23.1 Å².